The lowest BCUT2D eigenvalue weighted by molar-refractivity contribution is 0.616. The standard InChI is InChI=1S/C13H16BrN3/c1-3-10(8-13-16-15-9-17(13)2)11-5-4-6-12(14)7-11/h4-7,9-10H,3,8H2,1-2H3. The van der Waals surface area contributed by atoms with E-state index in [0.717, 1.165) is 23.1 Å². The van der Waals surface area contributed by atoms with Crippen LogP contribution < -0.4 is 0 Å². The van der Waals surface area contributed by atoms with Crippen LogP contribution in [0.3, 0.4) is 0 Å². The molecule has 0 aliphatic carbocycles. The summed E-state index contributed by atoms with van der Waals surface area (Å²) in [6.45, 7) is 2.21. The topological polar surface area (TPSA) is 30.7 Å². The molecule has 90 valence electrons. The molecule has 4 heteroatoms. The first-order chi connectivity index (χ1) is 8.20. The number of hydrogen-bond acceptors (Lipinski definition) is 2. The minimum absolute atomic E-state index is 0.496. The summed E-state index contributed by atoms with van der Waals surface area (Å²) in [5.74, 6) is 1.53. The number of halogens is 1. The molecular weight excluding hydrogens is 278 g/mol. The molecule has 0 fully saturated rings. The second-order valence-electron chi connectivity index (χ2n) is 4.22. The van der Waals surface area contributed by atoms with E-state index >= 15 is 0 Å². The van der Waals surface area contributed by atoms with Gasteiger partial charge in [0.2, 0.25) is 0 Å². The predicted octanol–water partition coefficient (Wildman–Crippen LogP) is 3.31. The summed E-state index contributed by atoms with van der Waals surface area (Å²) in [6.07, 6.45) is 3.79. The fourth-order valence-corrected chi connectivity index (χ4v) is 2.39. The molecule has 0 amide bonds. The van der Waals surface area contributed by atoms with Crippen LogP contribution in [-0.4, -0.2) is 14.8 Å². The lowest BCUT2D eigenvalue weighted by Gasteiger charge is -2.15. The third-order valence-corrected chi connectivity index (χ3v) is 3.54. The highest BCUT2D eigenvalue weighted by atomic mass is 79.9. The van der Waals surface area contributed by atoms with Crippen molar-refractivity contribution >= 4 is 15.9 Å². The molecule has 17 heavy (non-hydrogen) atoms. The maximum absolute atomic E-state index is 4.15. The van der Waals surface area contributed by atoms with Crippen LogP contribution in [0.2, 0.25) is 0 Å². The Morgan fingerprint density at radius 2 is 2.24 bits per heavy atom. The molecule has 3 nitrogen and oxygen atoms in total. The van der Waals surface area contributed by atoms with Crippen molar-refractivity contribution in [3.63, 3.8) is 0 Å². The zero-order chi connectivity index (χ0) is 12.3. The van der Waals surface area contributed by atoms with E-state index in [9.17, 15) is 0 Å². The summed E-state index contributed by atoms with van der Waals surface area (Å²) in [5, 5.41) is 8.08. The Balaban J connectivity index is 2.20. The molecule has 1 aromatic carbocycles. The average molecular weight is 294 g/mol. The first-order valence-corrected chi connectivity index (χ1v) is 6.58. The van der Waals surface area contributed by atoms with Crippen LogP contribution >= 0.6 is 15.9 Å². The highest BCUT2D eigenvalue weighted by molar-refractivity contribution is 9.10. The van der Waals surface area contributed by atoms with E-state index in [1.165, 1.54) is 5.56 Å². The van der Waals surface area contributed by atoms with E-state index in [4.69, 9.17) is 0 Å². The number of hydrogen-bond donors (Lipinski definition) is 0. The molecule has 1 unspecified atom stereocenters. The molecule has 1 atom stereocenters. The van der Waals surface area contributed by atoms with E-state index in [-0.39, 0.29) is 0 Å². The summed E-state index contributed by atoms with van der Waals surface area (Å²) in [7, 11) is 1.99. The van der Waals surface area contributed by atoms with Crippen molar-refractivity contribution in [1.82, 2.24) is 14.8 Å². The van der Waals surface area contributed by atoms with Crippen molar-refractivity contribution in [2.24, 2.45) is 7.05 Å². The van der Waals surface area contributed by atoms with E-state index in [0.29, 0.717) is 5.92 Å². The molecular formula is C13H16BrN3. The van der Waals surface area contributed by atoms with Gasteiger partial charge in [0, 0.05) is 17.9 Å². The van der Waals surface area contributed by atoms with Crippen molar-refractivity contribution < 1.29 is 0 Å². The van der Waals surface area contributed by atoms with Crippen LogP contribution in [0.4, 0.5) is 0 Å². The molecule has 2 rings (SSSR count). The van der Waals surface area contributed by atoms with Crippen molar-refractivity contribution in [3.8, 4) is 0 Å². The quantitative estimate of drug-likeness (QED) is 0.866. The van der Waals surface area contributed by atoms with Gasteiger partial charge in [0.05, 0.1) is 0 Å². The number of aryl methyl sites for hydroxylation is 1. The first-order valence-electron chi connectivity index (χ1n) is 5.79. The monoisotopic (exact) mass is 293 g/mol. The molecule has 0 aliphatic rings. The van der Waals surface area contributed by atoms with Gasteiger partial charge in [-0.25, -0.2) is 0 Å². The van der Waals surface area contributed by atoms with Crippen molar-refractivity contribution in [2.75, 3.05) is 0 Å². The number of nitrogens with zero attached hydrogens (tertiary/aromatic N) is 3. The van der Waals surface area contributed by atoms with Gasteiger partial charge in [0.25, 0.3) is 0 Å². The molecule has 1 aromatic heterocycles. The minimum atomic E-state index is 0.496. The lowest BCUT2D eigenvalue weighted by atomic mass is 9.93. The molecule has 0 saturated heterocycles. The van der Waals surface area contributed by atoms with E-state index in [2.05, 4.69) is 57.3 Å². The second-order valence-corrected chi connectivity index (χ2v) is 5.14. The Kier molecular flexibility index (Phi) is 3.94. The Morgan fingerprint density at radius 3 is 2.82 bits per heavy atom. The van der Waals surface area contributed by atoms with Crippen LogP contribution in [0, 0.1) is 0 Å². The van der Waals surface area contributed by atoms with Gasteiger partial charge in [-0.2, -0.15) is 0 Å². The zero-order valence-electron chi connectivity index (χ0n) is 10.1. The van der Waals surface area contributed by atoms with Crippen LogP contribution in [-0.2, 0) is 13.5 Å². The molecule has 0 bridgehead atoms. The van der Waals surface area contributed by atoms with Crippen molar-refractivity contribution in [1.29, 1.82) is 0 Å². The number of rotatable bonds is 4. The zero-order valence-corrected chi connectivity index (χ0v) is 11.7. The van der Waals surface area contributed by atoms with Crippen LogP contribution in [0.15, 0.2) is 35.1 Å². The Hall–Kier alpha value is -1.16. The summed E-state index contributed by atoms with van der Waals surface area (Å²) in [5.41, 5.74) is 1.35. The third-order valence-electron chi connectivity index (χ3n) is 3.05. The summed E-state index contributed by atoms with van der Waals surface area (Å²) in [4.78, 5) is 0. The highest BCUT2D eigenvalue weighted by Gasteiger charge is 2.13. The molecule has 0 radical (unpaired) electrons. The van der Waals surface area contributed by atoms with Gasteiger partial charge >= 0.3 is 0 Å². The second kappa shape index (κ2) is 5.45. The maximum atomic E-state index is 4.15. The maximum Gasteiger partial charge on any atom is 0.133 e. The first kappa shape index (κ1) is 12.3. The van der Waals surface area contributed by atoms with Crippen LogP contribution in [0.1, 0.15) is 30.7 Å². The lowest BCUT2D eigenvalue weighted by Crippen LogP contribution is -2.06. The van der Waals surface area contributed by atoms with Crippen molar-refractivity contribution in [2.45, 2.75) is 25.7 Å². The summed E-state index contributed by atoms with van der Waals surface area (Å²) < 4.78 is 3.12. The Labute approximate surface area is 110 Å². The van der Waals surface area contributed by atoms with Crippen LogP contribution in [0.5, 0.6) is 0 Å². The largest absolute Gasteiger partial charge is 0.321 e. The fraction of sp³-hybridized carbons (Fsp3) is 0.385. The van der Waals surface area contributed by atoms with Gasteiger partial charge in [0.15, 0.2) is 0 Å². The average Bonchev–Trinajstić information content (AvgIpc) is 2.71. The van der Waals surface area contributed by atoms with E-state index in [1.807, 2.05) is 11.6 Å². The number of aromatic nitrogens is 3. The van der Waals surface area contributed by atoms with E-state index in [1.54, 1.807) is 6.33 Å². The molecule has 0 N–H and O–H groups in total. The normalized spacial score (nSPS) is 12.6. The predicted molar refractivity (Wildman–Crippen MR) is 71.9 cm³/mol. The highest BCUT2D eigenvalue weighted by Crippen LogP contribution is 2.25. The van der Waals surface area contributed by atoms with Gasteiger partial charge in [-0.05, 0) is 30.0 Å². The van der Waals surface area contributed by atoms with Gasteiger partial charge in [0.1, 0.15) is 12.2 Å². The molecule has 2 aromatic rings. The van der Waals surface area contributed by atoms with Gasteiger partial charge in [-0.15, -0.1) is 10.2 Å². The Morgan fingerprint density at radius 1 is 1.41 bits per heavy atom. The Bertz CT molecular complexity index is 493. The summed E-state index contributed by atoms with van der Waals surface area (Å²) in [6, 6.07) is 8.50. The SMILES string of the molecule is CCC(Cc1nncn1C)c1cccc(Br)c1. The molecule has 1 heterocycles. The minimum Gasteiger partial charge on any atom is -0.321 e. The fourth-order valence-electron chi connectivity index (χ4n) is 1.97. The van der Waals surface area contributed by atoms with Crippen LogP contribution in [0.25, 0.3) is 0 Å². The molecule has 0 spiro atoms. The van der Waals surface area contributed by atoms with E-state index < -0.39 is 0 Å². The van der Waals surface area contributed by atoms with Gasteiger partial charge in [-0.3, -0.25) is 0 Å². The molecule has 0 saturated carbocycles. The smallest absolute Gasteiger partial charge is 0.133 e. The van der Waals surface area contributed by atoms with Gasteiger partial charge in [-0.1, -0.05) is 35.0 Å². The van der Waals surface area contributed by atoms with Gasteiger partial charge < -0.3 is 4.57 Å². The number of benzene rings is 1. The van der Waals surface area contributed by atoms with Crippen molar-refractivity contribution in [3.05, 3.63) is 46.5 Å². The molecule has 0 aliphatic heterocycles. The summed E-state index contributed by atoms with van der Waals surface area (Å²) >= 11 is 3.52. The third kappa shape index (κ3) is 2.94.